The Morgan fingerprint density at radius 3 is 2.52 bits per heavy atom. The molecule has 0 heterocycles. The van der Waals surface area contributed by atoms with Crippen LogP contribution in [0.2, 0.25) is 0 Å². The van der Waals surface area contributed by atoms with Crippen molar-refractivity contribution in [2.75, 3.05) is 6.61 Å². The van der Waals surface area contributed by atoms with Crippen molar-refractivity contribution in [2.24, 2.45) is 5.41 Å². The maximum Gasteiger partial charge on any atom is 0.409 e. The fourth-order valence-corrected chi connectivity index (χ4v) is 3.98. The summed E-state index contributed by atoms with van der Waals surface area (Å²) in [6.07, 6.45) is -1.15. The first kappa shape index (κ1) is 20.2. The number of hydrogen-bond donors (Lipinski definition) is 2. The summed E-state index contributed by atoms with van der Waals surface area (Å²) in [5, 5.41) is 14.5. The highest BCUT2D eigenvalue weighted by atomic mass is 35.7. The van der Waals surface area contributed by atoms with Crippen LogP contribution in [-0.2, 0) is 9.30 Å². The lowest BCUT2D eigenvalue weighted by Crippen LogP contribution is -2.38. The molecule has 138 valence electrons. The van der Waals surface area contributed by atoms with Crippen LogP contribution in [0, 0.1) is 5.41 Å². The summed E-state index contributed by atoms with van der Waals surface area (Å²) in [6, 6.07) is 12.4. The Hall–Kier alpha value is -1.10. The Labute approximate surface area is 153 Å². The van der Waals surface area contributed by atoms with Crippen LogP contribution >= 0.6 is 18.1 Å². The van der Waals surface area contributed by atoms with E-state index in [1.807, 2.05) is 51.1 Å². The van der Waals surface area contributed by atoms with E-state index in [1.54, 1.807) is 19.1 Å². The number of ether oxygens (including phenoxy) is 1. The van der Waals surface area contributed by atoms with Crippen molar-refractivity contribution in [3.63, 3.8) is 0 Å². The number of rotatable bonds is 7. The van der Waals surface area contributed by atoms with Crippen LogP contribution in [0.15, 0.2) is 42.5 Å². The minimum Gasteiger partial charge on any atom is -0.422 e. The second-order valence-corrected chi connectivity index (χ2v) is 9.96. The molecule has 0 bridgehead atoms. The zero-order chi connectivity index (χ0) is 18.7. The van der Waals surface area contributed by atoms with E-state index in [0.717, 1.165) is 10.8 Å². The molecule has 2 aromatic rings. The van der Waals surface area contributed by atoms with Crippen LogP contribution in [0.1, 0.15) is 27.7 Å². The van der Waals surface area contributed by atoms with Gasteiger partial charge < -0.3 is 14.4 Å². The van der Waals surface area contributed by atoms with Gasteiger partial charge in [-0.25, -0.2) is 9.65 Å². The lowest BCUT2D eigenvalue weighted by molar-refractivity contribution is -0.131. The van der Waals surface area contributed by atoms with Crippen molar-refractivity contribution in [2.45, 2.75) is 40.0 Å². The largest absolute Gasteiger partial charge is 0.422 e. The molecule has 0 amide bonds. The predicted octanol–water partition coefficient (Wildman–Crippen LogP) is 4.92. The molecular weight excluding hydrogens is 361 g/mol. The minimum absolute atomic E-state index is 0.0924. The minimum atomic E-state index is -3.71. The van der Waals surface area contributed by atoms with Crippen molar-refractivity contribution < 1.29 is 18.9 Å². The molecule has 0 aliphatic heterocycles. The van der Waals surface area contributed by atoms with Gasteiger partial charge in [-0.15, -0.1) is 0 Å². The van der Waals surface area contributed by atoms with E-state index >= 15 is 0 Å². The fourth-order valence-electron chi connectivity index (χ4n) is 2.21. The predicted molar refractivity (Wildman–Crippen MR) is 102 cm³/mol. The quantitative estimate of drug-likeness (QED) is 0.522. The summed E-state index contributed by atoms with van der Waals surface area (Å²) >= 11 is 6.06. The molecule has 25 heavy (non-hydrogen) atoms. The smallest absolute Gasteiger partial charge is 0.409 e. The zero-order valence-corrected chi connectivity index (χ0v) is 16.6. The Morgan fingerprint density at radius 2 is 1.84 bits per heavy atom. The molecule has 0 radical (unpaired) electrons. The van der Waals surface area contributed by atoms with Gasteiger partial charge in [0.1, 0.15) is 5.75 Å². The maximum absolute atomic E-state index is 12.6. The third-order valence-corrected chi connectivity index (χ3v) is 5.09. The van der Waals surface area contributed by atoms with Gasteiger partial charge in [0.05, 0.1) is 12.6 Å². The van der Waals surface area contributed by atoms with Gasteiger partial charge in [0, 0.05) is 16.6 Å². The van der Waals surface area contributed by atoms with E-state index in [2.05, 4.69) is 5.09 Å². The third-order valence-electron chi connectivity index (χ3n) is 3.44. The van der Waals surface area contributed by atoms with Gasteiger partial charge in [-0.05, 0) is 23.8 Å². The SMILES string of the molecule is C[C@H](NP(=O)(Cl)Oc1cccc2ccccc12)C(O)OCC(C)(C)C. The second-order valence-electron chi connectivity index (χ2n) is 7.23. The molecule has 2 aromatic carbocycles. The van der Waals surface area contributed by atoms with E-state index in [-0.39, 0.29) is 5.41 Å². The first-order chi connectivity index (χ1) is 11.6. The Bertz CT molecular complexity index is 757. The van der Waals surface area contributed by atoms with E-state index in [4.69, 9.17) is 20.5 Å². The Morgan fingerprint density at radius 1 is 1.20 bits per heavy atom. The first-order valence-electron chi connectivity index (χ1n) is 8.12. The lowest BCUT2D eigenvalue weighted by Gasteiger charge is -2.26. The molecule has 7 heteroatoms. The highest BCUT2D eigenvalue weighted by Crippen LogP contribution is 2.50. The first-order valence-corrected chi connectivity index (χ1v) is 10.6. The van der Waals surface area contributed by atoms with E-state index in [0.29, 0.717) is 12.4 Å². The standard InChI is InChI=1S/C18H25ClNO4P/c1-13(17(21)23-12-18(2,3)4)20-25(19,22)24-16-11-7-9-14-8-5-6-10-15(14)16/h5-11,13,17,21H,12H2,1-4H3,(H,20,22)/t13-,17?,25?/m0/s1. The number of hydrogen-bond acceptors (Lipinski definition) is 4. The molecule has 2 N–H and O–H groups in total. The zero-order valence-electron chi connectivity index (χ0n) is 14.9. The fraction of sp³-hybridized carbons (Fsp3) is 0.444. The average Bonchev–Trinajstić information content (AvgIpc) is 2.51. The molecule has 2 unspecified atom stereocenters. The summed E-state index contributed by atoms with van der Waals surface area (Å²) in [5.74, 6) is 0.418. The number of fused-ring (bicyclic) bond motifs is 1. The van der Waals surface area contributed by atoms with Crippen molar-refractivity contribution in [3.05, 3.63) is 42.5 Å². The van der Waals surface area contributed by atoms with Crippen LogP contribution in [0.5, 0.6) is 5.75 Å². The van der Waals surface area contributed by atoms with Crippen LogP contribution in [0.3, 0.4) is 0 Å². The highest BCUT2D eigenvalue weighted by Gasteiger charge is 2.29. The second kappa shape index (κ2) is 8.07. The lowest BCUT2D eigenvalue weighted by atomic mass is 9.99. The van der Waals surface area contributed by atoms with Crippen LogP contribution < -0.4 is 9.61 Å². The molecule has 5 nitrogen and oxygen atoms in total. The molecular formula is C18H25ClNO4P. The highest BCUT2D eigenvalue weighted by molar-refractivity contribution is 7.84. The van der Waals surface area contributed by atoms with Gasteiger partial charge in [0.25, 0.3) is 0 Å². The molecule has 0 fully saturated rings. The molecule has 0 aromatic heterocycles. The van der Waals surface area contributed by atoms with Crippen LogP contribution in [-0.4, -0.2) is 24.0 Å². The van der Waals surface area contributed by atoms with Crippen molar-refractivity contribution in [1.82, 2.24) is 5.09 Å². The Kier molecular flexibility index (Phi) is 6.52. The third kappa shape index (κ3) is 6.28. The molecule has 0 saturated heterocycles. The van der Waals surface area contributed by atoms with Gasteiger partial charge in [-0.1, -0.05) is 57.2 Å². The van der Waals surface area contributed by atoms with Crippen molar-refractivity contribution in [3.8, 4) is 5.75 Å². The number of aliphatic hydroxyl groups is 1. The van der Waals surface area contributed by atoms with Crippen LogP contribution in [0.25, 0.3) is 10.8 Å². The monoisotopic (exact) mass is 385 g/mol. The molecule has 0 aliphatic carbocycles. The number of nitrogens with one attached hydrogen (secondary N) is 1. The summed E-state index contributed by atoms with van der Waals surface area (Å²) < 4.78 is 23.5. The van der Waals surface area contributed by atoms with Gasteiger partial charge in [-0.3, -0.25) is 0 Å². The van der Waals surface area contributed by atoms with Gasteiger partial charge in [0.15, 0.2) is 6.29 Å². The molecule has 0 aliphatic rings. The summed E-state index contributed by atoms with van der Waals surface area (Å²) in [4.78, 5) is 0. The summed E-state index contributed by atoms with van der Waals surface area (Å²) in [7, 11) is 0. The average molecular weight is 386 g/mol. The topological polar surface area (TPSA) is 67.8 Å². The molecule has 0 saturated carbocycles. The van der Waals surface area contributed by atoms with Crippen molar-refractivity contribution in [1.29, 1.82) is 0 Å². The van der Waals surface area contributed by atoms with Gasteiger partial charge in [0.2, 0.25) is 0 Å². The van der Waals surface area contributed by atoms with E-state index in [9.17, 15) is 9.67 Å². The number of benzene rings is 2. The summed E-state index contributed by atoms with van der Waals surface area (Å²) in [6.45, 7) is 4.26. The van der Waals surface area contributed by atoms with Crippen LogP contribution in [0.4, 0.5) is 0 Å². The summed E-state index contributed by atoms with van der Waals surface area (Å²) in [5.41, 5.74) is -0.0924. The van der Waals surface area contributed by atoms with Crippen molar-refractivity contribution >= 4 is 28.9 Å². The maximum atomic E-state index is 12.6. The number of halogens is 1. The van der Waals surface area contributed by atoms with Gasteiger partial charge in [-0.2, -0.15) is 0 Å². The van der Waals surface area contributed by atoms with Gasteiger partial charge >= 0.3 is 6.87 Å². The molecule has 3 atom stereocenters. The van der Waals surface area contributed by atoms with E-state index < -0.39 is 19.2 Å². The van der Waals surface area contributed by atoms with E-state index in [1.165, 1.54) is 0 Å². The molecule has 2 rings (SSSR count). The normalized spacial score (nSPS) is 17.0. The molecule has 0 spiro atoms. The Balaban J connectivity index is 2.04. The number of aliphatic hydroxyl groups excluding tert-OH is 1.